The van der Waals surface area contributed by atoms with Crippen LogP contribution in [-0.4, -0.2) is 18.3 Å². The lowest BCUT2D eigenvalue weighted by atomic mass is 9.67. The van der Waals surface area contributed by atoms with Gasteiger partial charge in [-0.05, 0) is 43.9 Å². The van der Waals surface area contributed by atoms with Crippen molar-refractivity contribution in [3.05, 3.63) is 0 Å². The van der Waals surface area contributed by atoms with E-state index in [1.165, 1.54) is 32.1 Å². The number of halogens is 1. The van der Waals surface area contributed by atoms with E-state index < -0.39 is 0 Å². The number of amides is 1. The van der Waals surface area contributed by atoms with Gasteiger partial charge in [-0.25, -0.2) is 0 Å². The summed E-state index contributed by atoms with van der Waals surface area (Å²) in [6, 6.07) is 0. The smallest absolute Gasteiger partial charge is 0.223 e. The Labute approximate surface area is 116 Å². The number of nitrogens with one attached hydrogen (secondary N) is 1. The van der Waals surface area contributed by atoms with Crippen molar-refractivity contribution < 1.29 is 4.79 Å². The molecule has 0 aliphatic heterocycles. The van der Waals surface area contributed by atoms with Crippen molar-refractivity contribution >= 4 is 17.5 Å². The van der Waals surface area contributed by atoms with E-state index in [2.05, 4.69) is 5.32 Å². The Morgan fingerprint density at radius 2 is 1.83 bits per heavy atom. The Balaban J connectivity index is 1.71. The molecular formula is C15H26ClNO. The van der Waals surface area contributed by atoms with E-state index in [1.807, 2.05) is 0 Å². The second-order valence-electron chi connectivity index (χ2n) is 6.00. The van der Waals surface area contributed by atoms with Gasteiger partial charge in [0, 0.05) is 18.3 Å². The predicted molar refractivity (Wildman–Crippen MR) is 75.8 cm³/mol. The Morgan fingerprint density at radius 3 is 2.61 bits per heavy atom. The lowest BCUT2D eigenvalue weighted by molar-refractivity contribution is -0.127. The topological polar surface area (TPSA) is 29.1 Å². The fraction of sp³-hybridized carbons (Fsp3) is 0.933. The van der Waals surface area contributed by atoms with Gasteiger partial charge in [-0.1, -0.05) is 25.7 Å². The Hall–Kier alpha value is -0.240. The molecule has 0 saturated heterocycles. The Morgan fingerprint density at radius 1 is 1.06 bits per heavy atom. The van der Waals surface area contributed by atoms with Gasteiger partial charge in [0.15, 0.2) is 0 Å². The quantitative estimate of drug-likeness (QED) is 0.599. The van der Waals surface area contributed by atoms with Crippen molar-refractivity contribution in [2.75, 3.05) is 12.4 Å². The molecule has 3 unspecified atom stereocenters. The molecule has 0 aromatic rings. The van der Waals surface area contributed by atoms with Gasteiger partial charge in [-0.3, -0.25) is 4.79 Å². The van der Waals surface area contributed by atoms with Gasteiger partial charge in [0.25, 0.3) is 0 Å². The third-order valence-electron chi connectivity index (χ3n) is 4.77. The van der Waals surface area contributed by atoms with Crippen molar-refractivity contribution in [1.29, 1.82) is 0 Å². The van der Waals surface area contributed by atoms with Crippen LogP contribution in [0.15, 0.2) is 0 Å². The minimum atomic E-state index is 0.292. The number of unbranched alkanes of at least 4 members (excludes halogenated alkanes) is 1. The van der Waals surface area contributed by atoms with E-state index in [-0.39, 0.29) is 0 Å². The number of hydrogen-bond acceptors (Lipinski definition) is 1. The summed E-state index contributed by atoms with van der Waals surface area (Å²) in [6.07, 6.45) is 11.1. The van der Waals surface area contributed by atoms with Crippen LogP contribution in [0.3, 0.4) is 0 Å². The summed E-state index contributed by atoms with van der Waals surface area (Å²) in [5, 5.41) is 3.09. The zero-order chi connectivity index (χ0) is 12.8. The number of hydrogen-bond donors (Lipinski definition) is 1. The van der Waals surface area contributed by atoms with E-state index in [0.29, 0.717) is 17.7 Å². The summed E-state index contributed by atoms with van der Waals surface area (Å²) in [5.74, 6) is 3.06. The molecule has 104 valence electrons. The maximum absolute atomic E-state index is 12.1. The molecule has 0 aromatic heterocycles. The minimum Gasteiger partial charge on any atom is -0.356 e. The Bertz CT molecular complexity index is 269. The maximum atomic E-state index is 12.1. The fourth-order valence-electron chi connectivity index (χ4n) is 3.69. The standard InChI is InChI=1S/C15H26ClNO/c16-9-3-4-10-17-15(18)14-8-7-12-5-1-2-6-13(12)11-14/h12-14H,1-11H2,(H,17,18). The van der Waals surface area contributed by atoms with E-state index in [0.717, 1.165) is 44.1 Å². The average Bonchev–Trinajstić information content (AvgIpc) is 2.43. The van der Waals surface area contributed by atoms with Crippen LogP contribution in [0, 0.1) is 17.8 Å². The van der Waals surface area contributed by atoms with Gasteiger partial charge in [-0.2, -0.15) is 0 Å². The largest absolute Gasteiger partial charge is 0.356 e. The maximum Gasteiger partial charge on any atom is 0.223 e. The number of carbonyl (C=O) groups excluding carboxylic acids is 1. The van der Waals surface area contributed by atoms with Crippen LogP contribution in [0.2, 0.25) is 0 Å². The molecule has 0 aromatic carbocycles. The van der Waals surface area contributed by atoms with Crippen LogP contribution in [-0.2, 0) is 4.79 Å². The first kappa shape index (κ1) is 14.2. The number of alkyl halides is 1. The lowest BCUT2D eigenvalue weighted by Gasteiger charge is -2.38. The molecule has 0 spiro atoms. The molecule has 18 heavy (non-hydrogen) atoms. The predicted octanol–water partition coefficient (Wildman–Crippen LogP) is 3.73. The van der Waals surface area contributed by atoms with E-state index in [4.69, 9.17) is 11.6 Å². The minimum absolute atomic E-state index is 0.292. The summed E-state index contributed by atoms with van der Waals surface area (Å²) >= 11 is 5.63. The molecule has 1 N–H and O–H groups in total. The summed E-state index contributed by atoms with van der Waals surface area (Å²) in [5.41, 5.74) is 0. The summed E-state index contributed by atoms with van der Waals surface area (Å²) in [4.78, 5) is 12.1. The van der Waals surface area contributed by atoms with Crippen molar-refractivity contribution in [1.82, 2.24) is 5.32 Å². The van der Waals surface area contributed by atoms with Gasteiger partial charge in [0.2, 0.25) is 5.91 Å². The van der Waals surface area contributed by atoms with Crippen molar-refractivity contribution in [3.8, 4) is 0 Å². The monoisotopic (exact) mass is 271 g/mol. The molecule has 2 saturated carbocycles. The van der Waals surface area contributed by atoms with Gasteiger partial charge in [0.1, 0.15) is 0 Å². The second-order valence-corrected chi connectivity index (χ2v) is 6.38. The first-order valence-electron chi connectivity index (χ1n) is 7.65. The summed E-state index contributed by atoms with van der Waals surface area (Å²) in [6.45, 7) is 0.802. The highest BCUT2D eigenvalue weighted by Crippen LogP contribution is 2.42. The van der Waals surface area contributed by atoms with Crippen LogP contribution >= 0.6 is 11.6 Å². The molecule has 3 heteroatoms. The normalized spacial score (nSPS) is 31.7. The van der Waals surface area contributed by atoms with Crippen molar-refractivity contribution in [2.45, 2.75) is 57.8 Å². The second kappa shape index (κ2) is 7.37. The zero-order valence-corrected chi connectivity index (χ0v) is 12.1. The van der Waals surface area contributed by atoms with Crippen molar-refractivity contribution in [2.24, 2.45) is 17.8 Å². The van der Waals surface area contributed by atoms with Crippen LogP contribution in [0.4, 0.5) is 0 Å². The third-order valence-corrected chi connectivity index (χ3v) is 5.04. The van der Waals surface area contributed by atoms with Crippen LogP contribution < -0.4 is 5.32 Å². The molecule has 0 bridgehead atoms. The molecule has 2 nitrogen and oxygen atoms in total. The number of rotatable bonds is 5. The molecule has 2 aliphatic rings. The molecule has 0 heterocycles. The van der Waals surface area contributed by atoms with Crippen LogP contribution in [0.5, 0.6) is 0 Å². The molecule has 1 amide bonds. The molecule has 3 atom stereocenters. The SMILES string of the molecule is O=C(NCCCCCl)C1CCC2CCCCC2C1. The average molecular weight is 272 g/mol. The molecular weight excluding hydrogens is 246 g/mol. The molecule has 2 fully saturated rings. The zero-order valence-electron chi connectivity index (χ0n) is 11.3. The van der Waals surface area contributed by atoms with E-state index in [9.17, 15) is 4.79 Å². The van der Waals surface area contributed by atoms with E-state index in [1.54, 1.807) is 0 Å². The van der Waals surface area contributed by atoms with Crippen LogP contribution in [0.1, 0.15) is 57.8 Å². The van der Waals surface area contributed by atoms with Gasteiger partial charge in [-0.15, -0.1) is 11.6 Å². The highest BCUT2D eigenvalue weighted by Gasteiger charge is 2.34. The first-order valence-corrected chi connectivity index (χ1v) is 8.18. The Kier molecular flexibility index (Phi) is 5.81. The first-order chi connectivity index (χ1) is 8.81. The third kappa shape index (κ3) is 3.88. The molecule has 0 radical (unpaired) electrons. The number of carbonyl (C=O) groups is 1. The molecule has 2 rings (SSSR count). The van der Waals surface area contributed by atoms with Gasteiger partial charge >= 0.3 is 0 Å². The summed E-state index contributed by atoms with van der Waals surface area (Å²) < 4.78 is 0. The van der Waals surface area contributed by atoms with Gasteiger partial charge < -0.3 is 5.32 Å². The fourth-order valence-corrected chi connectivity index (χ4v) is 3.88. The summed E-state index contributed by atoms with van der Waals surface area (Å²) in [7, 11) is 0. The highest BCUT2D eigenvalue weighted by molar-refractivity contribution is 6.17. The van der Waals surface area contributed by atoms with Gasteiger partial charge in [0.05, 0.1) is 0 Å². The number of fused-ring (bicyclic) bond motifs is 1. The van der Waals surface area contributed by atoms with E-state index >= 15 is 0 Å². The lowest BCUT2D eigenvalue weighted by Crippen LogP contribution is -2.37. The van der Waals surface area contributed by atoms with Crippen LogP contribution in [0.25, 0.3) is 0 Å². The van der Waals surface area contributed by atoms with Crippen molar-refractivity contribution in [3.63, 3.8) is 0 Å². The molecule has 2 aliphatic carbocycles. The highest BCUT2D eigenvalue weighted by atomic mass is 35.5.